The van der Waals surface area contributed by atoms with E-state index in [1.165, 1.54) is 6.26 Å². The molecule has 0 aliphatic heterocycles. The van der Waals surface area contributed by atoms with Crippen LogP contribution in [0.15, 0.2) is 30.5 Å². The number of fused-ring (bicyclic) bond motifs is 1. The lowest BCUT2D eigenvalue weighted by Gasteiger charge is -2.12. The molecule has 1 N–H and O–H groups in total. The number of nitrogens with one attached hydrogen (secondary N) is 1. The number of para-hydroxylation sites is 1. The molecule has 6 heteroatoms. The summed E-state index contributed by atoms with van der Waals surface area (Å²) in [7, 11) is -3.06. The first-order chi connectivity index (χ1) is 9.95. The van der Waals surface area contributed by atoms with Crippen LogP contribution in [0.3, 0.4) is 0 Å². The van der Waals surface area contributed by atoms with E-state index in [-0.39, 0.29) is 6.10 Å². The first kappa shape index (κ1) is 14.1. The molecule has 1 aliphatic rings. The van der Waals surface area contributed by atoms with E-state index in [2.05, 4.69) is 4.98 Å². The van der Waals surface area contributed by atoms with Crippen molar-refractivity contribution < 1.29 is 17.9 Å². The Morgan fingerprint density at radius 3 is 2.81 bits per heavy atom. The zero-order valence-electron chi connectivity index (χ0n) is 11.7. The minimum Gasteiger partial charge on any atom is -0.459 e. The van der Waals surface area contributed by atoms with E-state index in [1.54, 1.807) is 18.3 Å². The first-order valence-corrected chi connectivity index (χ1v) is 8.86. The highest BCUT2D eigenvalue weighted by molar-refractivity contribution is 7.91. The van der Waals surface area contributed by atoms with Crippen molar-refractivity contribution in [3.63, 3.8) is 0 Å². The number of aromatic nitrogens is 1. The number of benzene rings is 1. The van der Waals surface area contributed by atoms with Crippen LogP contribution in [0.2, 0.25) is 0 Å². The molecular formula is C15H17NO4S. The molecule has 2 atom stereocenters. The SMILES string of the molecule is CS(=O)(=O)[C@H]1CC[C@H](OC(=O)c2cccc3cc[nH]c23)C1. The van der Waals surface area contributed by atoms with Gasteiger partial charge in [-0.05, 0) is 25.0 Å². The van der Waals surface area contributed by atoms with Crippen LogP contribution in [-0.4, -0.2) is 37.0 Å². The van der Waals surface area contributed by atoms with Crippen molar-refractivity contribution in [1.29, 1.82) is 0 Å². The molecule has 1 saturated carbocycles. The second-order valence-corrected chi connectivity index (χ2v) is 7.87. The predicted molar refractivity (Wildman–Crippen MR) is 80.0 cm³/mol. The number of H-pyrrole nitrogens is 1. The summed E-state index contributed by atoms with van der Waals surface area (Å²) in [5.74, 6) is -0.401. The fourth-order valence-corrected chi connectivity index (χ4v) is 3.99. The van der Waals surface area contributed by atoms with Crippen LogP contribution < -0.4 is 0 Å². The predicted octanol–water partition coefficient (Wildman–Crippen LogP) is 2.29. The van der Waals surface area contributed by atoms with Crippen molar-refractivity contribution in [2.75, 3.05) is 6.26 Å². The molecule has 1 heterocycles. The number of esters is 1. The molecule has 0 bridgehead atoms. The number of carbonyl (C=O) groups excluding carboxylic acids is 1. The normalized spacial score (nSPS) is 22.5. The molecule has 3 rings (SSSR count). The highest BCUT2D eigenvalue weighted by Crippen LogP contribution is 2.28. The molecule has 0 saturated heterocycles. The van der Waals surface area contributed by atoms with Crippen molar-refractivity contribution in [3.05, 3.63) is 36.0 Å². The number of sulfone groups is 1. The van der Waals surface area contributed by atoms with Crippen LogP contribution in [0.4, 0.5) is 0 Å². The van der Waals surface area contributed by atoms with Crippen molar-refractivity contribution in [1.82, 2.24) is 4.98 Å². The maximum Gasteiger partial charge on any atom is 0.340 e. The molecule has 2 aromatic rings. The summed E-state index contributed by atoms with van der Waals surface area (Å²) in [6.07, 6.45) is 4.25. The minimum absolute atomic E-state index is 0.317. The van der Waals surface area contributed by atoms with Crippen LogP contribution in [0.25, 0.3) is 10.9 Å². The molecule has 1 fully saturated rings. The van der Waals surface area contributed by atoms with Gasteiger partial charge in [0, 0.05) is 24.3 Å². The molecule has 1 aromatic heterocycles. The topological polar surface area (TPSA) is 76.2 Å². The molecule has 112 valence electrons. The van der Waals surface area contributed by atoms with Crippen molar-refractivity contribution >= 4 is 26.7 Å². The zero-order valence-corrected chi connectivity index (χ0v) is 12.5. The van der Waals surface area contributed by atoms with E-state index in [4.69, 9.17) is 4.74 Å². The van der Waals surface area contributed by atoms with Crippen molar-refractivity contribution in [2.24, 2.45) is 0 Å². The third-order valence-electron chi connectivity index (χ3n) is 4.02. The summed E-state index contributed by atoms with van der Waals surface area (Å²) in [6.45, 7) is 0. The Bertz CT molecular complexity index is 778. The number of hydrogen-bond donors (Lipinski definition) is 1. The van der Waals surface area contributed by atoms with Gasteiger partial charge in [-0.15, -0.1) is 0 Å². The van der Waals surface area contributed by atoms with Gasteiger partial charge in [0.15, 0.2) is 0 Å². The van der Waals surface area contributed by atoms with Crippen LogP contribution in [0.5, 0.6) is 0 Å². The van der Waals surface area contributed by atoms with Gasteiger partial charge in [-0.25, -0.2) is 13.2 Å². The molecule has 21 heavy (non-hydrogen) atoms. The third kappa shape index (κ3) is 2.81. The molecule has 0 radical (unpaired) electrons. The van der Waals surface area contributed by atoms with E-state index in [1.807, 2.05) is 12.1 Å². The van der Waals surface area contributed by atoms with Crippen LogP contribution in [0.1, 0.15) is 29.6 Å². The van der Waals surface area contributed by atoms with Crippen LogP contribution in [0, 0.1) is 0 Å². The lowest BCUT2D eigenvalue weighted by atomic mass is 10.1. The summed E-state index contributed by atoms with van der Waals surface area (Å²) in [5.41, 5.74) is 1.24. The molecule has 5 nitrogen and oxygen atoms in total. The van der Waals surface area contributed by atoms with Gasteiger partial charge < -0.3 is 9.72 Å². The molecule has 1 aliphatic carbocycles. The van der Waals surface area contributed by atoms with E-state index in [0.717, 1.165) is 10.9 Å². The van der Waals surface area contributed by atoms with Gasteiger partial charge in [0.05, 0.1) is 16.3 Å². The summed E-state index contributed by atoms with van der Waals surface area (Å²) in [6, 6.07) is 7.32. The van der Waals surface area contributed by atoms with E-state index in [9.17, 15) is 13.2 Å². The smallest absolute Gasteiger partial charge is 0.340 e. The Balaban J connectivity index is 1.74. The van der Waals surface area contributed by atoms with Crippen LogP contribution >= 0.6 is 0 Å². The van der Waals surface area contributed by atoms with Gasteiger partial charge in [-0.3, -0.25) is 0 Å². The van der Waals surface area contributed by atoms with Gasteiger partial charge in [0.2, 0.25) is 0 Å². The Morgan fingerprint density at radius 2 is 2.10 bits per heavy atom. The highest BCUT2D eigenvalue weighted by atomic mass is 32.2. The number of rotatable bonds is 3. The maximum atomic E-state index is 12.3. The van der Waals surface area contributed by atoms with Gasteiger partial charge >= 0.3 is 5.97 Å². The molecule has 0 spiro atoms. The largest absolute Gasteiger partial charge is 0.459 e. The van der Waals surface area contributed by atoms with Gasteiger partial charge in [-0.1, -0.05) is 12.1 Å². The lowest BCUT2D eigenvalue weighted by molar-refractivity contribution is 0.0320. The third-order valence-corrected chi connectivity index (χ3v) is 5.66. The summed E-state index contributed by atoms with van der Waals surface area (Å²) >= 11 is 0. The Kier molecular flexibility index (Phi) is 3.49. The van der Waals surface area contributed by atoms with Gasteiger partial charge in [0.25, 0.3) is 0 Å². The quantitative estimate of drug-likeness (QED) is 0.883. The van der Waals surface area contributed by atoms with Gasteiger partial charge in [0.1, 0.15) is 15.9 Å². The minimum atomic E-state index is -3.06. The summed E-state index contributed by atoms with van der Waals surface area (Å²) in [4.78, 5) is 15.3. The first-order valence-electron chi connectivity index (χ1n) is 6.91. The Labute approximate surface area is 123 Å². The van der Waals surface area contributed by atoms with Crippen molar-refractivity contribution in [2.45, 2.75) is 30.6 Å². The Morgan fingerprint density at radius 1 is 1.29 bits per heavy atom. The second-order valence-electron chi connectivity index (χ2n) is 5.54. The zero-order chi connectivity index (χ0) is 15.0. The van der Waals surface area contributed by atoms with Crippen molar-refractivity contribution in [3.8, 4) is 0 Å². The fraction of sp³-hybridized carbons (Fsp3) is 0.400. The highest BCUT2D eigenvalue weighted by Gasteiger charge is 2.34. The average Bonchev–Trinajstić information content (AvgIpc) is 3.05. The summed E-state index contributed by atoms with van der Waals surface area (Å²) in [5, 5.41) is 0.557. The molecule has 0 amide bonds. The van der Waals surface area contributed by atoms with Crippen LogP contribution in [-0.2, 0) is 14.6 Å². The maximum absolute atomic E-state index is 12.3. The van der Waals surface area contributed by atoms with E-state index in [0.29, 0.717) is 24.8 Å². The molecular weight excluding hydrogens is 290 g/mol. The number of ether oxygens (including phenoxy) is 1. The van der Waals surface area contributed by atoms with Gasteiger partial charge in [-0.2, -0.15) is 0 Å². The number of hydrogen-bond acceptors (Lipinski definition) is 4. The standard InChI is InChI=1S/C15H17NO4S/c1-21(18,19)12-6-5-11(9-12)20-15(17)13-4-2-3-10-7-8-16-14(10)13/h2-4,7-8,11-12,16H,5-6,9H2,1H3/t11-,12-/m0/s1. The monoisotopic (exact) mass is 307 g/mol. The Hall–Kier alpha value is -1.82. The second kappa shape index (κ2) is 5.18. The van der Waals surface area contributed by atoms with E-state index >= 15 is 0 Å². The fourth-order valence-electron chi connectivity index (χ4n) is 2.87. The average molecular weight is 307 g/mol. The molecule has 0 unspecified atom stereocenters. The van der Waals surface area contributed by atoms with E-state index < -0.39 is 21.1 Å². The summed E-state index contributed by atoms with van der Waals surface area (Å²) < 4.78 is 28.5. The lowest BCUT2D eigenvalue weighted by Crippen LogP contribution is -2.20. The molecule has 1 aromatic carbocycles. The number of aromatic amines is 1. The number of carbonyl (C=O) groups is 1.